The standard InChI is InChI=1S/C10H19N3O/c1-4-6-8-12-10(14-13-8)9(11)7(3)5-2/h7,9H,4-6,11H2,1-3H3/t7-,9-/m0/s1. The predicted octanol–water partition coefficient (Wildman–Crippen LogP) is 2.07. The highest BCUT2D eigenvalue weighted by atomic mass is 16.5. The summed E-state index contributed by atoms with van der Waals surface area (Å²) >= 11 is 0. The van der Waals surface area contributed by atoms with Crippen molar-refractivity contribution in [1.82, 2.24) is 10.1 Å². The molecule has 0 fully saturated rings. The van der Waals surface area contributed by atoms with Crippen molar-refractivity contribution >= 4 is 0 Å². The summed E-state index contributed by atoms with van der Waals surface area (Å²) in [6, 6.07) is -0.127. The third-order valence-corrected chi connectivity index (χ3v) is 2.50. The van der Waals surface area contributed by atoms with Gasteiger partial charge in [0.05, 0.1) is 6.04 Å². The zero-order valence-corrected chi connectivity index (χ0v) is 9.16. The molecule has 0 amide bonds. The van der Waals surface area contributed by atoms with E-state index in [0.29, 0.717) is 11.8 Å². The van der Waals surface area contributed by atoms with Gasteiger partial charge in [-0.05, 0) is 12.3 Å². The fraction of sp³-hybridized carbons (Fsp3) is 0.800. The largest absolute Gasteiger partial charge is 0.338 e. The number of nitrogens with zero attached hydrogens (tertiary/aromatic N) is 2. The summed E-state index contributed by atoms with van der Waals surface area (Å²) in [7, 11) is 0. The third-order valence-electron chi connectivity index (χ3n) is 2.50. The van der Waals surface area contributed by atoms with Crippen molar-refractivity contribution in [2.45, 2.75) is 46.1 Å². The highest BCUT2D eigenvalue weighted by Gasteiger charge is 2.19. The van der Waals surface area contributed by atoms with Crippen LogP contribution in [0.4, 0.5) is 0 Å². The smallest absolute Gasteiger partial charge is 0.243 e. The molecule has 1 aromatic rings. The average molecular weight is 197 g/mol. The van der Waals surface area contributed by atoms with Crippen LogP contribution in [0.1, 0.15) is 51.4 Å². The Morgan fingerprint density at radius 3 is 2.71 bits per heavy atom. The monoisotopic (exact) mass is 197 g/mol. The molecule has 2 N–H and O–H groups in total. The fourth-order valence-corrected chi connectivity index (χ4v) is 1.23. The lowest BCUT2D eigenvalue weighted by Crippen LogP contribution is -2.18. The molecule has 2 atom stereocenters. The zero-order chi connectivity index (χ0) is 10.6. The molecule has 0 aliphatic carbocycles. The van der Waals surface area contributed by atoms with Gasteiger partial charge in [0.15, 0.2) is 5.82 Å². The molecule has 1 heterocycles. The van der Waals surface area contributed by atoms with Gasteiger partial charge in [0.2, 0.25) is 5.89 Å². The van der Waals surface area contributed by atoms with Crippen LogP contribution in [0.2, 0.25) is 0 Å². The van der Waals surface area contributed by atoms with Crippen LogP contribution in [0.5, 0.6) is 0 Å². The van der Waals surface area contributed by atoms with E-state index in [1.54, 1.807) is 0 Å². The molecule has 0 radical (unpaired) electrons. The van der Waals surface area contributed by atoms with Crippen LogP contribution >= 0.6 is 0 Å². The number of aromatic nitrogens is 2. The van der Waals surface area contributed by atoms with Gasteiger partial charge in [-0.3, -0.25) is 0 Å². The van der Waals surface area contributed by atoms with Gasteiger partial charge in [-0.15, -0.1) is 0 Å². The van der Waals surface area contributed by atoms with E-state index in [1.807, 2.05) is 0 Å². The Bertz CT molecular complexity index is 272. The van der Waals surface area contributed by atoms with E-state index in [2.05, 4.69) is 30.9 Å². The van der Waals surface area contributed by atoms with E-state index in [1.165, 1.54) is 0 Å². The van der Waals surface area contributed by atoms with Crippen molar-refractivity contribution in [2.24, 2.45) is 11.7 Å². The molecule has 0 bridgehead atoms. The second kappa shape index (κ2) is 5.10. The number of hydrogen-bond donors (Lipinski definition) is 1. The van der Waals surface area contributed by atoms with Gasteiger partial charge in [0.25, 0.3) is 0 Å². The lowest BCUT2D eigenvalue weighted by molar-refractivity contribution is 0.310. The molecule has 4 nitrogen and oxygen atoms in total. The SMILES string of the molecule is CCCc1noc([C@@H](N)[C@@H](C)CC)n1. The van der Waals surface area contributed by atoms with Crippen molar-refractivity contribution < 1.29 is 4.52 Å². The highest BCUT2D eigenvalue weighted by molar-refractivity contribution is 4.93. The van der Waals surface area contributed by atoms with Gasteiger partial charge in [0.1, 0.15) is 0 Å². The average Bonchev–Trinajstić information content (AvgIpc) is 2.64. The van der Waals surface area contributed by atoms with Crippen LogP contribution in [0.3, 0.4) is 0 Å². The van der Waals surface area contributed by atoms with Gasteiger partial charge >= 0.3 is 0 Å². The molecule has 0 aromatic carbocycles. The second-order valence-corrected chi connectivity index (χ2v) is 3.71. The minimum Gasteiger partial charge on any atom is -0.338 e. The topological polar surface area (TPSA) is 64.9 Å². The maximum absolute atomic E-state index is 5.96. The lowest BCUT2D eigenvalue weighted by Gasteiger charge is -2.12. The Hall–Kier alpha value is -0.900. The molecule has 14 heavy (non-hydrogen) atoms. The number of nitrogens with two attached hydrogens (primary N) is 1. The first-order chi connectivity index (χ1) is 6.69. The molecular formula is C10H19N3O. The Kier molecular flexibility index (Phi) is 4.07. The van der Waals surface area contributed by atoms with Crippen molar-refractivity contribution in [3.8, 4) is 0 Å². The van der Waals surface area contributed by atoms with Gasteiger partial charge in [-0.25, -0.2) is 0 Å². The zero-order valence-electron chi connectivity index (χ0n) is 9.16. The van der Waals surface area contributed by atoms with E-state index in [-0.39, 0.29) is 6.04 Å². The van der Waals surface area contributed by atoms with Crippen LogP contribution in [-0.4, -0.2) is 10.1 Å². The minimum absolute atomic E-state index is 0.127. The summed E-state index contributed by atoms with van der Waals surface area (Å²) in [5, 5.41) is 3.88. The van der Waals surface area contributed by atoms with E-state index < -0.39 is 0 Å². The number of rotatable bonds is 5. The minimum atomic E-state index is -0.127. The number of aryl methyl sites for hydroxylation is 1. The summed E-state index contributed by atoms with van der Waals surface area (Å²) in [5.74, 6) is 1.72. The van der Waals surface area contributed by atoms with E-state index >= 15 is 0 Å². The summed E-state index contributed by atoms with van der Waals surface area (Å²) in [6.45, 7) is 6.28. The molecule has 0 aliphatic rings. The normalized spacial score (nSPS) is 15.4. The molecule has 0 saturated carbocycles. The molecule has 1 rings (SSSR count). The summed E-state index contributed by atoms with van der Waals surface area (Å²) in [6.07, 6.45) is 2.90. The van der Waals surface area contributed by atoms with Crippen LogP contribution in [0, 0.1) is 5.92 Å². The van der Waals surface area contributed by atoms with Crippen molar-refractivity contribution in [3.63, 3.8) is 0 Å². The summed E-state index contributed by atoms with van der Waals surface area (Å²) < 4.78 is 5.12. The number of hydrogen-bond acceptors (Lipinski definition) is 4. The van der Waals surface area contributed by atoms with Crippen LogP contribution in [0.15, 0.2) is 4.52 Å². The molecule has 0 aliphatic heterocycles. The highest BCUT2D eigenvalue weighted by Crippen LogP contribution is 2.20. The first-order valence-corrected chi connectivity index (χ1v) is 5.27. The molecule has 80 valence electrons. The first kappa shape index (κ1) is 11.2. The Balaban J connectivity index is 2.65. The van der Waals surface area contributed by atoms with Crippen molar-refractivity contribution in [3.05, 3.63) is 11.7 Å². The second-order valence-electron chi connectivity index (χ2n) is 3.71. The Labute approximate surface area is 84.9 Å². The van der Waals surface area contributed by atoms with Crippen LogP contribution < -0.4 is 5.73 Å². The molecule has 4 heteroatoms. The van der Waals surface area contributed by atoms with Crippen molar-refractivity contribution in [2.75, 3.05) is 0 Å². The Morgan fingerprint density at radius 2 is 2.14 bits per heavy atom. The van der Waals surface area contributed by atoms with Gasteiger partial charge in [-0.1, -0.05) is 32.3 Å². The first-order valence-electron chi connectivity index (χ1n) is 5.27. The third kappa shape index (κ3) is 2.54. The fourth-order valence-electron chi connectivity index (χ4n) is 1.23. The van der Waals surface area contributed by atoms with Crippen LogP contribution in [0.25, 0.3) is 0 Å². The molecule has 0 spiro atoms. The molecular weight excluding hydrogens is 178 g/mol. The predicted molar refractivity (Wildman–Crippen MR) is 54.7 cm³/mol. The lowest BCUT2D eigenvalue weighted by atomic mass is 10.0. The van der Waals surface area contributed by atoms with Crippen LogP contribution in [-0.2, 0) is 6.42 Å². The molecule has 0 saturated heterocycles. The maximum Gasteiger partial charge on any atom is 0.243 e. The molecule has 1 aromatic heterocycles. The quantitative estimate of drug-likeness (QED) is 0.784. The van der Waals surface area contributed by atoms with Gasteiger partial charge < -0.3 is 10.3 Å². The maximum atomic E-state index is 5.96. The van der Waals surface area contributed by atoms with Crippen molar-refractivity contribution in [1.29, 1.82) is 0 Å². The van der Waals surface area contributed by atoms with Gasteiger partial charge in [0, 0.05) is 6.42 Å². The Morgan fingerprint density at radius 1 is 1.43 bits per heavy atom. The van der Waals surface area contributed by atoms with E-state index in [4.69, 9.17) is 10.3 Å². The van der Waals surface area contributed by atoms with Gasteiger partial charge in [-0.2, -0.15) is 4.98 Å². The van der Waals surface area contributed by atoms with E-state index in [9.17, 15) is 0 Å². The van der Waals surface area contributed by atoms with E-state index in [0.717, 1.165) is 25.1 Å². The summed E-state index contributed by atoms with van der Waals surface area (Å²) in [4.78, 5) is 4.27. The summed E-state index contributed by atoms with van der Waals surface area (Å²) in [5.41, 5.74) is 5.96. The molecule has 0 unspecified atom stereocenters.